The first kappa shape index (κ1) is 21.1. The molecule has 0 aliphatic carbocycles. The van der Waals surface area contributed by atoms with Crippen molar-refractivity contribution < 1.29 is 13.9 Å². The van der Waals surface area contributed by atoms with Crippen molar-refractivity contribution in [2.45, 2.75) is 39.0 Å². The Morgan fingerprint density at radius 3 is 2.82 bits per heavy atom. The highest BCUT2D eigenvalue weighted by Gasteiger charge is 2.23. The molecule has 3 rings (SSSR count). The van der Waals surface area contributed by atoms with Crippen LogP contribution in [0.1, 0.15) is 30.9 Å². The Bertz CT molecular complexity index is 787. The first-order valence-corrected chi connectivity index (χ1v) is 10.6. The van der Waals surface area contributed by atoms with Crippen LogP contribution in [0, 0.1) is 5.82 Å². The molecule has 6 heteroatoms. The molecule has 2 aromatic rings. The highest BCUT2D eigenvalue weighted by molar-refractivity contribution is 9.10. The van der Waals surface area contributed by atoms with Gasteiger partial charge in [-0.05, 0) is 44.1 Å². The molecule has 28 heavy (non-hydrogen) atoms. The first-order chi connectivity index (χ1) is 13.6. The smallest absolute Gasteiger partial charge is 0.167 e. The van der Waals surface area contributed by atoms with Gasteiger partial charge in [0.05, 0.1) is 7.11 Å². The highest BCUT2D eigenvalue weighted by Crippen LogP contribution is 2.37. The second-order valence-electron chi connectivity index (χ2n) is 6.99. The zero-order valence-electron chi connectivity index (χ0n) is 16.5. The second-order valence-corrected chi connectivity index (χ2v) is 7.85. The van der Waals surface area contributed by atoms with Crippen molar-refractivity contribution in [1.29, 1.82) is 0 Å². The van der Waals surface area contributed by atoms with Crippen LogP contribution >= 0.6 is 15.9 Å². The lowest BCUT2D eigenvalue weighted by Gasteiger charge is -2.23. The number of halogens is 2. The fourth-order valence-corrected chi connectivity index (χ4v) is 4.19. The molecular formula is C22H28BrFN2O2. The average Bonchev–Trinajstić information content (AvgIpc) is 3.16. The molecule has 0 amide bonds. The van der Waals surface area contributed by atoms with Gasteiger partial charge in [0.15, 0.2) is 11.5 Å². The van der Waals surface area contributed by atoms with Crippen LogP contribution < -0.4 is 14.8 Å². The minimum Gasteiger partial charge on any atom is -0.493 e. The quantitative estimate of drug-likeness (QED) is 0.597. The highest BCUT2D eigenvalue weighted by atomic mass is 79.9. The van der Waals surface area contributed by atoms with Gasteiger partial charge < -0.3 is 14.8 Å². The maximum Gasteiger partial charge on any atom is 0.167 e. The normalized spacial score (nSPS) is 17.1. The number of hydrogen-bond donors (Lipinski definition) is 1. The summed E-state index contributed by atoms with van der Waals surface area (Å²) in [5.41, 5.74) is 1.50. The molecule has 1 unspecified atom stereocenters. The summed E-state index contributed by atoms with van der Waals surface area (Å²) in [5, 5.41) is 3.57. The van der Waals surface area contributed by atoms with Gasteiger partial charge >= 0.3 is 0 Å². The van der Waals surface area contributed by atoms with Crippen molar-refractivity contribution in [3.8, 4) is 11.5 Å². The molecule has 0 bridgehead atoms. The summed E-state index contributed by atoms with van der Waals surface area (Å²) < 4.78 is 26.4. The number of nitrogens with zero attached hydrogens (tertiary/aromatic N) is 1. The van der Waals surface area contributed by atoms with Crippen LogP contribution in [0.5, 0.6) is 11.5 Å². The summed E-state index contributed by atoms with van der Waals surface area (Å²) in [6.07, 6.45) is 2.50. The van der Waals surface area contributed by atoms with Crippen LogP contribution in [0.4, 0.5) is 4.39 Å². The molecule has 0 radical (unpaired) electrons. The molecule has 1 N–H and O–H groups in total. The van der Waals surface area contributed by atoms with E-state index in [0.717, 1.165) is 23.1 Å². The van der Waals surface area contributed by atoms with E-state index in [1.54, 1.807) is 19.2 Å². The molecule has 2 aromatic carbocycles. The van der Waals surface area contributed by atoms with Gasteiger partial charge in [0.25, 0.3) is 0 Å². The molecule has 1 atom stereocenters. The van der Waals surface area contributed by atoms with E-state index in [1.807, 2.05) is 18.2 Å². The second kappa shape index (κ2) is 10.2. The Hall–Kier alpha value is -1.63. The van der Waals surface area contributed by atoms with Gasteiger partial charge in [0, 0.05) is 34.7 Å². The third kappa shape index (κ3) is 5.04. The van der Waals surface area contributed by atoms with E-state index in [9.17, 15) is 4.39 Å². The number of likely N-dealkylation sites (N-methyl/N-ethyl adjacent to an activating group) is 1. The van der Waals surface area contributed by atoms with Crippen LogP contribution in [0.2, 0.25) is 0 Å². The van der Waals surface area contributed by atoms with Crippen LogP contribution in [0.25, 0.3) is 0 Å². The average molecular weight is 451 g/mol. The van der Waals surface area contributed by atoms with Gasteiger partial charge in [-0.1, -0.05) is 41.1 Å². The number of rotatable bonds is 9. The van der Waals surface area contributed by atoms with Gasteiger partial charge in [-0.15, -0.1) is 0 Å². The lowest BCUT2D eigenvalue weighted by molar-refractivity contribution is 0.257. The molecule has 152 valence electrons. The van der Waals surface area contributed by atoms with Gasteiger partial charge in [-0.2, -0.15) is 0 Å². The molecule has 0 spiro atoms. The first-order valence-electron chi connectivity index (χ1n) is 9.80. The van der Waals surface area contributed by atoms with Crippen molar-refractivity contribution in [3.05, 3.63) is 57.8 Å². The third-order valence-electron chi connectivity index (χ3n) is 5.30. The standard InChI is InChI=1S/C22H28BrFN2O2/c1-3-26-12-6-8-17(26)13-25-14-18-19(23)10-11-21(27-2)22(18)28-15-16-7-4-5-9-20(16)24/h4-5,7,9-11,17,25H,3,6,8,12-15H2,1-2H3. The predicted molar refractivity (Wildman–Crippen MR) is 113 cm³/mol. The number of likely N-dealkylation sites (tertiary alicyclic amines) is 1. The zero-order valence-corrected chi connectivity index (χ0v) is 18.1. The topological polar surface area (TPSA) is 33.7 Å². The van der Waals surface area contributed by atoms with E-state index in [4.69, 9.17) is 9.47 Å². The molecule has 1 aliphatic heterocycles. The van der Waals surface area contributed by atoms with Crippen molar-refractivity contribution in [2.75, 3.05) is 26.7 Å². The van der Waals surface area contributed by atoms with E-state index in [0.29, 0.717) is 29.6 Å². The molecule has 0 saturated carbocycles. The SMILES string of the molecule is CCN1CCCC1CNCc1c(Br)ccc(OC)c1OCc1ccccc1F. The maximum atomic E-state index is 14.0. The summed E-state index contributed by atoms with van der Waals surface area (Å²) in [7, 11) is 1.62. The van der Waals surface area contributed by atoms with Crippen LogP contribution in [-0.4, -0.2) is 37.7 Å². The summed E-state index contributed by atoms with van der Waals surface area (Å²) in [5.74, 6) is 1.02. The predicted octanol–water partition coefficient (Wildman–Crippen LogP) is 4.75. The molecule has 4 nitrogen and oxygen atoms in total. The zero-order chi connectivity index (χ0) is 19.9. The number of methoxy groups -OCH3 is 1. The fourth-order valence-electron chi connectivity index (χ4n) is 3.74. The summed E-state index contributed by atoms with van der Waals surface area (Å²) in [6.45, 7) is 6.22. The van der Waals surface area contributed by atoms with Gasteiger partial charge in [0.2, 0.25) is 0 Å². The van der Waals surface area contributed by atoms with Crippen molar-refractivity contribution in [3.63, 3.8) is 0 Å². The van der Waals surface area contributed by atoms with E-state index < -0.39 is 0 Å². The summed E-state index contributed by atoms with van der Waals surface area (Å²) >= 11 is 3.63. The molecule has 1 fully saturated rings. The number of hydrogen-bond acceptors (Lipinski definition) is 4. The minimum absolute atomic E-state index is 0.152. The van der Waals surface area contributed by atoms with E-state index >= 15 is 0 Å². The Labute approximate surface area is 175 Å². The Balaban J connectivity index is 1.71. The minimum atomic E-state index is -0.267. The number of benzene rings is 2. The van der Waals surface area contributed by atoms with Gasteiger partial charge in [-0.3, -0.25) is 4.90 Å². The molecule has 1 heterocycles. The van der Waals surface area contributed by atoms with E-state index in [1.165, 1.54) is 25.5 Å². The fraction of sp³-hybridized carbons (Fsp3) is 0.455. The van der Waals surface area contributed by atoms with Crippen LogP contribution in [0.15, 0.2) is 40.9 Å². The number of nitrogens with one attached hydrogen (secondary N) is 1. The van der Waals surface area contributed by atoms with Crippen LogP contribution in [-0.2, 0) is 13.2 Å². The lowest BCUT2D eigenvalue weighted by Crippen LogP contribution is -2.37. The van der Waals surface area contributed by atoms with Crippen LogP contribution in [0.3, 0.4) is 0 Å². The lowest BCUT2D eigenvalue weighted by atomic mass is 10.1. The summed E-state index contributed by atoms with van der Waals surface area (Å²) in [4.78, 5) is 2.52. The maximum absolute atomic E-state index is 14.0. The van der Waals surface area contributed by atoms with E-state index in [-0.39, 0.29) is 12.4 Å². The Morgan fingerprint density at radius 2 is 2.07 bits per heavy atom. The molecule has 0 aromatic heterocycles. The van der Waals surface area contributed by atoms with E-state index in [2.05, 4.69) is 33.1 Å². The van der Waals surface area contributed by atoms with Gasteiger partial charge in [0.1, 0.15) is 12.4 Å². The molecule has 1 saturated heterocycles. The van der Waals surface area contributed by atoms with Crippen molar-refractivity contribution in [2.24, 2.45) is 0 Å². The van der Waals surface area contributed by atoms with Gasteiger partial charge in [-0.25, -0.2) is 4.39 Å². The molecular weight excluding hydrogens is 423 g/mol. The Kier molecular flexibility index (Phi) is 7.71. The monoisotopic (exact) mass is 450 g/mol. The number of ether oxygens (including phenoxy) is 2. The van der Waals surface area contributed by atoms with Crippen molar-refractivity contribution >= 4 is 15.9 Å². The summed E-state index contributed by atoms with van der Waals surface area (Å²) in [6, 6.07) is 11.1. The Morgan fingerprint density at radius 1 is 1.25 bits per heavy atom. The van der Waals surface area contributed by atoms with Crippen molar-refractivity contribution in [1.82, 2.24) is 10.2 Å². The third-order valence-corrected chi connectivity index (χ3v) is 6.05. The largest absolute Gasteiger partial charge is 0.493 e. The molecule has 1 aliphatic rings.